The Labute approximate surface area is 95.8 Å². The maximum Gasteiger partial charge on any atom is 0.407 e. The van der Waals surface area contributed by atoms with Crippen LogP contribution < -0.4 is 11.1 Å². The number of carbonyl (C=O) groups is 1. The number of nitrogens with one attached hydrogen (secondary N) is 1. The highest BCUT2D eigenvalue weighted by molar-refractivity contribution is 5.79. The summed E-state index contributed by atoms with van der Waals surface area (Å²) in [7, 11) is 0. The Bertz CT molecular complexity index is 246. The van der Waals surface area contributed by atoms with E-state index in [-0.39, 0.29) is 5.84 Å². The lowest BCUT2D eigenvalue weighted by atomic mass is 10.2. The molecule has 4 N–H and O–H groups in total. The fraction of sp³-hybridized carbons (Fsp3) is 0.800. The topological polar surface area (TPSA) is 96.9 Å². The van der Waals surface area contributed by atoms with Crippen molar-refractivity contribution in [2.45, 2.75) is 45.6 Å². The molecule has 0 aliphatic rings. The first-order valence-electron chi connectivity index (χ1n) is 5.28. The van der Waals surface area contributed by atoms with Crippen molar-refractivity contribution >= 4 is 11.9 Å². The largest absolute Gasteiger partial charge is 0.444 e. The molecule has 16 heavy (non-hydrogen) atoms. The molecule has 0 atom stereocenters. The number of unbranched alkanes of at least 4 members (excludes halogenated alkanes) is 1. The molecule has 0 spiro atoms. The first kappa shape index (κ1) is 14.5. The number of hydrogen-bond donors (Lipinski definition) is 3. The highest BCUT2D eigenvalue weighted by Gasteiger charge is 2.15. The predicted molar refractivity (Wildman–Crippen MR) is 61.5 cm³/mol. The third-order valence-corrected chi connectivity index (χ3v) is 1.66. The van der Waals surface area contributed by atoms with Crippen LogP contribution in [0.4, 0.5) is 4.79 Å². The molecule has 0 radical (unpaired) electrons. The number of nitrogens with two attached hydrogens (primary N) is 1. The van der Waals surface area contributed by atoms with Crippen molar-refractivity contribution < 1.29 is 14.7 Å². The second-order valence-corrected chi connectivity index (χ2v) is 4.48. The monoisotopic (exact) mass is 231 g/mol. The average Bonchev–Trinajstić information content (AvgIpc) is 2.14. The van der Waals surface area contributed by atoms with Crippen LogP contribution in [0.1, 0.15) is 40.0 Å². The molecule has 0 aromatic heterocycles. The summed E-state index contributed by atoms with van der Waals surface area (Å²) in [5, 5.41) is 13.8. The quantitative estimate of drug-likeness (QED) is 0.219. The van der Waals surface area contributed by atoms with Crippen molar-refractivity contribution in [2.75, 3.05) is 6.54 Å². The second kappa shape index (κ2) is 6.92. The minimum absolute atomic E-state index is 0.206. The molecule has 0 aromatic carbocycles. The summed E-state index contributed by atoms with van der Waals surface area (Å²) in [6, 6.07) is 0. The summed E-state index contributed by atoms with van der Waals surface area (Å²) in [4.78, 5) is 11.2. The van der Waals surface area contributed by atoms with E-state index in [0.717, 1.165) is 12.8 Å². The smallest absolute Gasteiger partial charge is 0.407 e. The van der Waals surface area contributed by atoms with Gasteiger partial charge < -0.3 is 21.0 Å². The molecule has 0 fully saturated rings. The van der Waals surface area contributed by atoms with Crippen molar-refractivity contribution in [1.82, 2.24) is 5.32 Å². The van der Waals surface area contributed by atoms with Gasteiger partial charge in [0.25, 0.3) is 0 Å². The Balaban J connectivity index is 3.49. The summed E-state index contributed by atoms with van der Waals surface area (Å²) in [6.45, 7) is 5.95. The molecular formula is C10H21N3O3. The summed E-state index contributed by atoms with van der Waals surface area (Å²) in [5.41, 5.74) is 4.81. The van der Waals surface area contributed by atoms with Crippen molar-refractivity contribution in [1.29, 1.82) is 0 Å². The standard InChI is InChI=1S/C10H21N3O3/c1-10(2,3)16-9(14)12-7-5-4-6-8(11)13-15/h15H,4-7H2,1-3H3,(H2,11,13)(H,12,14). The van der Waals surface area contributed by atoms with Gasteiger partial charge in [-0.05, 0) is 33.6 Å². The van der Waals surface area contributed by atoms with Crippen molar-refractivity contribution in [2.24, 2.45) is 10.9 Å². The third kappa shape index (κ3) is 9.11. The number of amides is 1. The van der Waals surface area contributed by atoms with Gasteiger partial charge >= 0.3 is 6.09 Å². The minimum Gasteiger partial charge on any atom is -0.444 e. The molecule has 0 aromatic rings. The summed E-state index contributed by atoms with van der Waals surface area (Å²) >= 11 is 0. The van der Waals surface area contributed by atoms with Crippen molar-refractivity contribution in [3.63, 3.8) is 0 Å². The fourth-order valence-corrected chi connectivity index (χ4v) is 0.986. The molecule has 6 heteroatoms. The predicted octanol–water partition coefficient (Wildman–Crippen LogP) is 1.43. The number of carbonyl (C=O) groups excluding carboxylic acids is 1. The van der Waals surface area contributed by atoms with E-state index in [1.165, 1.54) is 0 Å². The van der Waals surface area contributed by atoms with Gasteiger partial charge in [0, 0.05) is 13.0 Å². The Morgan fingerprint density at radius 3 is 2.56 bits per heavy atom. The van der Waals surface area contributed by atoms with Crippen LogP contribution in [0.5, 0.6) is 0 Å². The summed E-state index contributed by atoms with van der Waals surface area (Å²) in [5.74, 6) is 0.206. The van der Waals surface area contributed by atoms with Gasteiger partial charge in [-0.15, -0.1) is 0 Å². The molecule has 94 valence electrons. The van der Waals surface area contributed by atoms with E-state index in [0.29, 0.717) is 13.0 Å². The lowest BCUT2D eigenvalue weighted by Crippen LogP contribution is -2.33. The zero-order valence-corrected chi connectivity index (χ0v) is 10.1. The summed E-state index contributed by atoms with van der Waals surface area (Å²) < 4.78 is 5.05. The van der Waals surface area contributed by atoms with Gasteiger partial charge in [-0.1, -0.05) is 5.16 Å². The molecule has 1 amide bonds. The van der Waals surface area contributed by atoms with Crippen LogP contribution in [-0.4, -0.2) is 29.3 Å². The van der Waals surface area contributed by atoms with E-state index in [1.807, 2.05) is 20.8 Å². The number of ether oxygens (including phenoxy) is 1. The molecule has 6 nitrogen and oxygen atoms in total. The Morgan fingerprint density at radius 1 is 1.44 bits per heavy atom. The summed E-state index contributed by atoms with van der Waals surface area (Å²) in [6.07, 6.45) is 1.62. The molecule has 0 saturated carbocycles. The van der Waals surface area contributed by atoms with Gasteiger partial charge in [0.15, 0.2) is 0 Å². The SMILES string of the molecule is CC(C)(C)OC(=O)NCCCCC(N)=NO. The molecular weight excluding hydrogens is 210 g/mol. The molecule has 0 heterocycles. The molecule has 0 bridgehead atoms. The van der Waals surface area contributed by atoms with Crippen LogP contribution in [0.3, 0.4) is 0 Å². The molecule has 0 unspecified atom stereocenters. The minimum atomic E-state index is -0.474. The van der Waals surface area contributed by atoms with Crippen molar-refractivity contribution in [3.8, 4) is 0 Å². The average molecular weight is 231 g/mol. The first-order chi connectivity index (χ1) is 7.35. The maximum absolute atomic E-state index is 11.2. The van der Waals surface area contributed by atoms with Crippen LogP contribution in [-0.2, 0) is 4.74 Å². The van der Waals surface area contributed by atoms with Gasteiger partial charge in [-0.25, -0.2) is 4.79 Å². The van der Waals surface area contributed by atoms with Crippen LogP contribution in [0, 0.1) is 0 Å². The van der Waals surface area contributed by atoms with Gasteiger partial charge in [-0.2, -0.15) is 0 Å². The molecule has 0 saturated heterocycles. The number of hydrogen-bond acceptors (Lipinski definition) is 4. The zero-order valence-electron chi connectivity index (χ0n) is 10.1. The highest BCUT2D eigenvalue weighted by atomic mass is 16.6. The van der Waals surface area contributed by atoms with Gasteiger partial charge in [-0.3, -0.25) is 0 Å². The van der Waals surface area contributed by atoms with Gasteiger partial charge in [0.05, 0.1) is 0 Å². The van der Waals surface area contributed by atoms with E-state index >= 15 is 0 Å². The third-order valence-electron chi connectivity index (χ3n) is 1.66. The van der Waals surface area contributed by atoms with Crippen LogP contribution in [0.25, 0.3) is 0 Å². The maximum atomic E-state index is 11.2. The van der Waals surface area contributed by atoms with Gasteiger partial charge in [0.1, 0.15) is 11.4 Å². The van der Waals surface area contributed by atoms with Crippen molar-refractivity contribution in [3.05, 3.63) is 0 Å². The normalized spacial score (nSPS) is 12.3. The van der Waals surface area contributed by atoms with Gasteiger partial charge in [0.2, 0.25) is 0 Å². The molecule has 0 aliphatic heterocycles. The first-order valence-corrected chi connectivity index (χ1v) is 5.28. The van der Waals surface area contributed by atoms with E-state index in [9.17, 15) is 4.79 Å². The van der Waals surface area contributed by atoms with Crippen LogP contribution >= 0.6 is 0 Å². The van der Waals surface area contributed by atoms with E-state index < -0.39 is 11.7 Å². The van der Waals surface area contributed by atoms with E-state index in [1.54, 1.807) is 0 Å². The molecule has 0 rings (SSSR count). The van der Waals surface area contributed by atoms with Crippen LogP contribution in [0.15, 0.2) is 5.16 Å². The zero-order chi connectivity index (χ0) is 12.6. The van der Waals surface area contributed by atoms with E-state index in [4.69, 9.17) is 15.7 Å². The number of rotatable bonds is 5. The number of nitrogens with zero attached hydrogens (tertiary/aromatic N) is 1. The van der Waals surface area contributed by atoms with Crippen LogP contribution in [0.2, 0.25) is 0 Å². The Hall–Kier alpha value is -1.46. The Kier molecular flexibility index (Phi) is 6.29. The fourth-order valence-electron chi connectivity index (χ4n) is 0.986. The number of amidine groups is 1. The molecule has 0 aliphatic carbocycles. The lowest BCUT2D eigenvalue weighted by Gasteiger charge is -2.19. The number of oxime groups is 1. The number of alkyl carbamates (subject to hydrolysis) is 1. The second-order valence-electron chi connectivity index (χ2n) is 4.48. The van der Waals surface area contributed by atoms with E-state index in [2.05, 4.69) is 10.5 Å². The Morgan fingerprint density at radius 2 is 2.06 bits per heavy atom. The highest BCUT2D eigenvalue weighted by Crippen LogP contribution is 2.06. The lowest BCUT2D eigenvalue weighted by molar-refractivity contribution is 0.0527.